The molecule has 5 rings (SSSR count). The van der Waals surface area contributed by atoms with Gasteiger partial charge >= 0.3 is 6.18 Å². The first-order chi connectivity index (χ1) is 18.1. The Labute approximate surface area is 215 Å². The Morgan fingerprint density at radius 2 is 1.87 bits per heavy atom. The van der Waals surface area contributed by atoms with Crippen molar-refractivity contribution in [1.29, 1.82) is 0 Å². The van der Waals surface area contributed by atoms with E-state index in [1.165, 1.54) is 13.0 Å². The summed E-state index contributed by atoms with van der Waals surface area (Å²) in [5, 5.41) is 12.5. The number of aliphatic hydroxyl groups is 1. The second-order valence-electron chi connectivity index (χ2n) is 9.13. The highest BCUT2D eigenvalue weighted by atomic mass is 19.4. The average molecular weight is 524 g/mol. The van der Waals surface area contributed by atoms with Crippen molar-refractivity contribution in [2.75, 3.05) is 13.2 Å². The minimum Gasteiger partial charge on any atom is -0.456 e. The van der Waals surface area contributed by atoms with Crippen molar-refractivity contribution in [3.63, 3.8) is 0 Å². The van der Waals surface area contributed by atoms with Crippen molar-refractivity contribution in [2.45, 2.75) is 32.1 Å². The molecule has 0 fully saturated rings. The van der Waals surface area contributed by atoms with Crippen LogP contribution in [0.25, 0.3) is 33.6 Å². The zero-order valence-electron chi connectivity index (χ0n) is 20.4. The standard InChI is InChI=1S/C28H24F3N3O4/c1-16(36)34-14-20-12-21(27(37)32-15-28(29,30)31)33-26(25(20)22(34)9-10-35)19-7-4-6-17(11-19)24-13-18-5-2-3-8-23(18)38-24/h2-8,11-13,22,35H,9-10,14-15H2,1H3,(H,32,37)/t22-/m0/s1. The Bertz CT molecular complexity index is 1500. The largest absolute Gasteiger partial charge is 0.456 e. The summed E-state index contributed by atoms with van der Waals surface area (Å²) in [4.78, 5) is 31.1. The highest BCUT2D eigenvalue weighted by molar-refractivity contribution is 5.94. The van der Waals surface area contributed by atoms with Crippen LogP contribution in [-0.4, -0.2) is 46.1 Å². The van der Waals surface area contributed by atoms with Crippen LogP contribution in [0.1, 0.15) is 41.0 Å². The molecular weight excluding hydrogens is 499 g/mol. The molecule has 2 aromatic carbocycles. The van der Waals surface area contributed by atoms with E-state index in [4.69, 9.17) is 4.42 Å². The Morgan fingerprint density at radius 1 is 1.11 bits per heavy atom. The van der Waals surface area contributed by atoms with E-state index in [1.807, 2.05) is 47.8 Å². The number of carbonyl (C=O) groups is 2. The summed E-state index contributed by atoms with van der Waals surface area (Å²) >= 11 is 0. The van der Waals surface area contributed by atoms with Gasteiger partial charge in [-0.25, -0.2) is 4.98 Å². The third kappa shape index (κ3) is 4.99. The van der Waals surface area contributed by atoms with Gasteiger partial charge in [-0.3, -0.25) is 9.59 Å². The molecule has 3 heterocycles. The topological polar surface area (TPSA) is 95.7 Å². The first-order valence-electron chi connectivity index (χ1n) is 12.0. The van der Waals surface area contributed by atoms with Crippen molar-refractivity contribution in [1.82, 2.24) is 15.2 Å². The molecule has 0 unspecified atom stereocenters. The number of halogens is 3. The number of aromatic nitrogens is 1. The van der Waals surface area contributed by atoms with Crippen LogP contribution in [0.3, 0.4) is 0 Å². The molecule has 1 aliphatic heterocycles. The van der Waals surface area contributed by atoms with Gasteiger partial charge < -0.3 is 19.7 Å². The predicted octanol–water partition coefficient (Wildman–Crippen LogP) is 5.24. The lowest BCUT2D eigenvalue weighted by Gasteiger charge is -2.24. The number of hydrogen-bond acceptors (Lipinski definition) is 5. The molecular formula is C28H24F3N3O4. The van der Waals surface area contributed by atoms with Gasteiger partial charge in [-0.1, -0.05) is 36.4 Å². The van der Waals surface area contributed by atoms with E-state index in [0.717, 1.165) is 16.5 Å². The third-order valence-corrected chi connectivity index (χ3v) is 6.53. The van der Waals surface area contributed by atoms with Crippen molar-refractivity contribution in [2.24, 2.45) is 0 Å². The van der Waals surface area contributed by atoms with Crippen molar-refractivity contribution in [3.8, 4) is 22.6 Å². The number of pyridine rings is 1. The normalized spacial score (nSPS) is 15.1. The maximum absolute atomic E-state index is 12.7. The molecule has 7 nitrogen and oxygen atoms in total. The zero-order valence-corrected chi connectivity index (χ0v) is 20.4. The van der Waals surface area contributed by atoms with Crippen molar-refractivity contribution in [3.05, 3.63) is 77.5 Å². The Kier molecular flexibility index (Phi) is 6.66. The van der Waals surface area contributed by atoms with Gasteiger partial charge in [-0.05, 0) is 36.2 Å². The van der Waals surface area contributed by atoms with Crippen LogP contribution in [0, 0.1) is 0 Å². The zero-order chi connectivity index (χ0) is 27.0. The highest BCUT2D eigenvalue weighted by Gasteiger charge is 2.36. The number of rotatable bonds is 6. The molecule has 2 aromatic heterocycles. The Morgan fingerprint density at radius 3 is 2.58 bits per heavy atom. The summed E-state index contributed by atoms with van der Waals surface area (Å²) in [5.41, 5.74) is 3.47. The second-order valence-corrected chi connectivity index (χ2v) is 9.13. The summed E-state index contributed by atoms with van der Waals surface area (Å²) in [6.45, 7) is -0.134. The number of hydrogen-bond donors (Lipinski definition) is 2. The first-order valence-corrected chi connectivity index (χ1v) is 12.0. The number of furan rings is 1. The van der Waals surface area contributed by atoms with E-state index in [9.17, 15) is 27.9 Å². The van der Waals surface area contributed by atoms with E-state index in [-0.39, 0.29) is 31.2 Å². The van der Waals surface area contributed by atoms with Crippen molar-refractivity contribution >= 4 is 22.8 Å². The molecule has 196 valence electrons. The lowest BCUT2D eigenvalue weighted by molar-refractivity contribution is -0.131. The number of nitrogens with one attached hydrogen (secondary N) is 1. The Hall–Kier alpha value is -4.18. The molecule has 2 amide bonds. The SMILES string of the molecule is CC(=O)N1Cc2cc(C(=O)NCC(F)(F)F)nc(-c3cccc(-c4cc5ccccc5o4)c3)c2[C@@H]1CCO. The molecule has 38 heavy (non-hydrogen) atoms. The highest BCUT2D eigenvalue weighted by Crippen LogP contribution is 2.42. The molecule has 0 saturated heterocycles. The number of nitrogens with zero attached hydrogens (tertiary/aromatic N) is 2. The lowest BCUT2D eigenvalue weighted by Crippen LogP contribution is -2.34. The van der Waals surface area contributed by atoms with Crippen LogP contribution < -0.4 is 5.32 Å². The van der Waals surface area contributed by atoms with E-state index in [0.29, 0.717) is 28.1 Å². The number of amides is 2. The number of alkyl halides is 3. The quantitative estimate of drug-likeness (QED) is 0.361. The van der Waals surface area contributed by atoms with Gasteiger partial charge in [-0.2, -0.15) is 13.2 Å². The molecule has 0 bridgehead atoms. The van der Waals surface area contributed by atoms with Gasteiger partial charge in [0.1, 0.15) is 23.6 Å². The molecule has 0 spiro atoms. The lowest BCUT2D eigenvalue weighted by atomic mass is 9.94. The number of carbonyl (C=O) groups excluding carboxylic acids is 2. The van der Waals surface area contributed by atoms with Gasteiger partial charge in [-0.15, -0.1) is 0 Å². The van der Waals surface area contributed by atoms with Gasteiger partial charge in [0.05, 0.1) is 11.7 Å². The summed E-state index contributed by atoms with van der Waals surface area (Å²) in [5.74, 6) is -0.592. The molecule has 1 aliphatic rings. The fraction of sp³-hybridized carbons (Fsp3) is 0.250. The molecule has 0 radical (unpaired) electrons. The van der Waals surface area contributed by atoms with Crippen LogP contribution >= 0.6 is 0 Å². The minimum absolute atomic E-state index is 0.146. The fourth-order valence-corrected chi connectivity index (χ4v) is 4.86. The number of benzene rings is 2. The maximum atomic E-state index is 12.7. The number of fused-ring (bicyclic) bond motifs is 2. The smallest absolute Gasteiger partial charge is 0.405 e. The molecule has 1 atom stereocenters. The minimum atomic E-state index is -4.58. The van der Waals surface area contributed by atoms with Gasteiger partial charge in [0.2, 0.25) is 5.91 Å². The summed E-state index contributed by atoms with van der Waals surface area (Å²) < 4.78 is 44.2. The van der Waals surface area contributed by atoms with Gasteiger partial charge in [0, 0.05) is 42.2 Å². The molecule has 10 heteroatoms. The van der Waals surface area contributed by atoms with Crippen LogP contribution in [0.5, 0.6) is 0 Å². The Balaban J connectivity index is 1.63. The van der Waals surface area contributed by atoms with Crippen LogP contribution in [-0.2, 0) is 11.3 Å². The first kappa shape index (κ1) is 25.5. The van der Waals surface area contributed by atoms with E-state index < -0.39 is 24.7 Å². The van der Waals surface area contributed by atoms with Crippen LogP contribution in [0.2, 0.25) is 0 Å². The van der Waals surface area contributed by atoms with Gasteiger partial charge in [0.15, 0.2) is 0 Å². The maximum Gasteiger partial charge on any atom is 0.405 e. The van der Waals surface area contributed by atoms with Crippen molar-refractivity contribution < 1.29 is 32.3 Å². The fourth-order valence-electron chi connectivity index (χ4n) is 4.86. The van der Waals surface area contributed by atoms with Crippen LogP contribution in [0.4, 0.5) is 13.2 Å². The van der Waals surface area contributed by atoms with E-state index >= 15 is 0 Å². The molecule has 2 N–H and O–H groups in total. The van der Waals surface area contributed by atoms with E-state index in [2.05, 4.69) is 4.98 Å². The second kappa shape index (κ2) is 9.94. The summed E-state index contributed by atoms with van der Waals surface area (Å²) in [7, 11) is 0. The molecule has 0 aliphatic carbocycles. The number of aliphatic hydroxyl groups excluding tert-OH is 1. The monoisotopic (exact) mass is 523 g/mol. The average Bonchev–Trinajstić information content (AvgIpc) is 3.49. The predicted molar refractivity (Wildman–Crippen MR) is 134 cm³/mol. The summed E-state index contributed by atoms with van der Waals surface area (Å²) in [6.07, 6.45) is -4.34. The molecule has 0 saturated carbocycles. The van der Waals surface area contributed by atoms with Crippen LogP contribution in [0.15, 0.2) is 65.1 Å². The van der Waals surface area contributed by atoms with E-state index in [1.54, 1.807) is 17.0 Å². The number of para-hydroxylation sites is 1. The third-order valence-electron chi connectivity index (χ3n) is 6.53. The van der Waals surface area contributed by atoms with Gasteiger partial charge in [0.25, 0.3) is 5.91 Å². The summed E-state index contributed by atoms with van der Waals surface area (Å²) in [6, 6.07) is 17.6. The molecule has 4 aromatic rings.